The summed E-state index contributed by atoms with van der Waals surface area (Å²) in [5.41, 5.74) is 9.73. The number of rotatable bonds is 35. The van der Waals surface area contributed by atoms with Crippen LogP contribution in [-0.2, 0) is 67.6 Å². The first-order valence-electron chi connectivity index (χ1n) is 32.2. The van der Waals surface area contributed by atoms with Crippen LogP contribution in [0, 0.1) is 0 Å². The molecular formula is C69H87Cl2N13O7. The fraction of sp³-hybridized carbons (Fsp3) is 0.478. The van der Waals surface area contributed by atoms with Crippen molar-refractivity contribution in [1.29, 1.82) is 0 Å². The van der Waals surface area contributed by atoms with Crippen LogP contribution in [0.3, 0.4) is 0 Å². The van der Waals surface area contributed by atoms with Gasteiger partial charge in [-0.25, -0.2) is 19.6 Å². The van der Waals surface area contributed by atoms with E-state index in [4.69, 9.17) is 71.4 Å². The molecule has 3 aliphatic rings. The molecular weight excluding hydrogens is 1190 g/mol. The van der Waals surface area contributed by atoms with Crippen molar-refractivity contribution in [2.75, 3.05) is 144 Å². The average molecular weight is 1280 g/mol. The summed E-state index contributed by atoms with van der Waals surface area (Å²) >= 11 is 12.6. The number of oxime groups is 1. The third-order valence-corrected chi connectivity index (χ3v) is 17.6. The van der Waals surface area contributed by atoms with Crippen molar-refractivity contribution in [3.05, 3.63) is 171 Å². The second kappa shape index (κ2) is 33.8. The van der Waals surface area contributed by atoms with E-state index in [1.54, 1.807) is 4.68 Å². The van der Waals surface area contributed by atoms with Crippen LogP contribution in [0.25, 0.3) is 21.9 Å². The van der Waals surface area contributed by atoms with Gasteiger partial charge in [0.25, 0.3) is 0 Å². The van der Waals surface area contributed by atoms with E-state index >= 15 is 0 Å². The van der Waals surface area contributed by atoms with E-state index in [2.05, 4.69) is 126 Å². The molecule has 0 aliphatic carbocycles. The lowest BCUT2D eigenvalue weighted by atomic mass is 9.91. The molecule has 2 fully saturated rings. The molecule has 11 rings (SSSR count). The van der Waals surface area contributed by atoms with Crippen molar-refractivity contribution in [2.24, 2.45) is 5.16 Å². The first-order chi connectivity index (χ1) is 44.6. The van der Waals surface area contributed by atoms with Gasteiger partial charge in [-0.3, -0.25) is 14.7 Å². The van der Waals surface area contributed by atoms with Crippen molar-refractivity contribution in [3.8, 4) is 5.75 Å². The van der Waals surface area contributed by atoms with Crippen LogP contribution in [0.2, 0.25) is 10.0 Å². The van der Waals surface area contributed by atoms with Gasteiger partial charge in [0, 0.05) is 87.3 Å². The molecule has 8 aromatic rings. The van der Waals surface area contributed by atoms with Crippen LogP contribution in [0.15, 0.2) is 127 Å². The van der Waals surface area contributed by atoms with E-state index in [0.717, 1.165) is 171 Å². The van der Waals surface area contributed by atoms with Crippen LogP contribution in [0.1, 0.15) is 71.8 Å². The Morgan fingerprint density at radius 3 is 2.08 bits per heavy atom. The molecule has 6 heterocycles. The first-order valence-corrected chi connectivity index (χ1v) is 33.0. The van der Waals surface area contributed by atoms with Gasteiger partial charge in [0.15, 0.2) is 0 Å². The summed E-state index contributed by atoms with van der Waals surface area (Å²) in [6, 6.07) is 39.7. The Kier molecular flexibility index (Phi) is 24.4. The van der Waals surface area contributed by atoms with Crippen LogP contribution >= 0.6 is 23.2 Å². The van der Waals surface area contributed by atoms with E-state index in [0.29, 0.717) is 72.6 Å². The Balaban J connectivity index is 0.507. The minimum absolute atomic E-state index is 0.00696. The van der Waals surface area contributed by atoms with Crippen LogP contribution in [0.5, 0.6) is 5.75 Å². The van der Waals surface area contributed by atoms with Crippen LogP contribution in [-0.4, -0.2) is 204 Å². The SMILES string of the molecule is CC1=NOC(C)C1c1ccc2c(c1)nc(CCc1ccc(OCc3cn(CCOCCOCCOCCOCCN(C)CCCNc4nc(CN5CCN(C(c6ccc(Cl)cc6)c6ccc(Cl)cc6)CC5)nc5ccccc45)nn3)cc1)n2CCN1CCOCC1. The Hall–Kier alpha value is -6.66. The van der Waals surface area contributed by atoms with Crippen molar-refractivity contribution in [3.63, 3.8) is 0 Å². The monoisotopic (exact) mass is 1280 g/mol. The molecule has 2 atom stereocenters. The highest BCUT2D eigenvalue weighted by Gasteiger charge is 2.31. The van der Waals surface area contributed by atoms with Crippen molar-refractivity contribution >= 4 is 56.7 Å². The molecule has 0 saturated carbocycles. The second-order valence-electron chi connectivity index (χ2n) is 23.7. The van der Waals surface area contributed by atoms with Gasteiger partial charge in [-0.15, -0.1) is 5.10 Å². The van der Waals surface area contributed by atoms with Gasteiger partial charge < -0.3 is 48.0 Å². The quantitative estimate of drug-likeness (QED) is 0.0371. The van der Waals surface area contributed by atoms with Crippen molar-refractivity contribution < 1.29 is 33.3 Å². The fourth-order valence-corrected chi connectivity index (χ4v) is 12.4. The summed E-state index contributed by atoms with van der Waals surface area (Å²) in [5.74, 6) is 3.73. The van der Waals surface area contributed by atoms with E-state index in [1.807, 2.05) is 61.7 Å². The molecule has 2 saturated heterocycles. The average Bonchev–Trinajstić information content (AvgIpc) is 2.17. The number of hydrogen-bond donors (Lipinski definition) is 1. The molecule has 91 heavy (non-hydrogen) atoms. The number of imidazole rings is 1. The summed E-state index contributed by atoms with van der Waals surface area (Å²) in [6.07, 6.45) is 4.54. The lowest BCUT2D eigenvalue weighted by Gasteiger charge is -2.39. The Labute approximate surface area is 544 Å². The van der Waals surface area contributed by atoms with Crippen molar-refractivity contribution in [1.82, 2.24) is 54.1 Å². The van der Waals surface area contributed by atoms with Crippen LogP contribution < -0.4 is 10.1 Å². The third kappa shape index (κ3) is 19.0. The van der Waals surface area contributed by atoms with E-state index in [1.165, 1.54) is 22.3 Å². The molecule has 0 amide bonds. The number of para-hydroxylation sites is 1. The Bertz CT molecular complexity index is 3500. The van der Waals surface area contributed by atoms with Gasteiger partial charge in [0.05, 0.1) is 120 Å². The molecule has 3 aromatic heterocycles. The van der Waals surface area contributed by atoms with Crippen LogP contribution in [0.4, 0.5) is 5.82 Å². The lowest BCUT2D eigenvalue weighted by molar-refractivity contribution is -0.00424. The first kappa shape index (κ1) is 65.8. The van der Waals surface area contributed by atoms with Gasteiger partial charge in [0.1, 0.15) is 41.6 Å². The van der Waals surface area contributed by atoms with Gasteiger partial charge >= 0.3 is 0 Å². The number of anilines is 1. The Morgan fingerprint density at radius 2 is 1.37 bits per heavy atom. The highest BCUT2D eigenvalue weighted by Crippen LogP contribution is 2.34. The maximum Gasteiger partial charge on any atom is 0.145 e. The topological polar surface area (TPSA) is 176 Å². The molecule has 0 radical (unpaired) electrons. The maximum atomic E-state index is 6.29. The predicted octanol–water partition coefficient (Wildman–Crippen LogP) is 9.86. The number of aryl methyl sites for hydroxylation is 2. The molecule has 20 nitrogen and oxygen atoms in total. The number of fused-ring (bicyclic) bond motifs is 2. The molecule has 0 bridgehead atoms. The highest BCUT2D eigenvalue weighted by atomic mass is 35.5. The number of halogens is 2. The summed E-state index contributed by atoms with van der Waals surface area (Å²) in [5, 5.41) is 19.0. The molecule has 0 spiro atoms. The zero-order valence-corrected chi connectivity index (χ0v) is 54.4. The summed E-state index contributed by atoms with van der Waals surface area (Å²) in [4.78, 5) is 30.6. The molecule has 3 aliphatic heterocycles. The number of likely N-dealkylation sites (N-methyl/N-ethyl adjacent to an activating group) is 1. The normalized spacial score (nSPS) is 16.8. The van der Waals surface area contributed by atoms with Gasteiger partial charge in [-0.05, 0) is 123 Å². The van der Waals surface area contributed by atoms with Gasteiger partial charge in [0.2, 0.25) is 0 Å². The summed E-state index contributed by atoms with van der Waals surface area (Å²) in [7, 11) is 2.13. The zero-order chi connectivity index (χ0) is 62.6. The number of piperazine rings is 1. The zero-order valence-electron chi connectivity index (χ0n) is 52.9. The number of nitrogens with zero attached hydrogens (tertiary/aromatic N) is 12. The number of morpholine rings is 1. The second-order valence-corrected chi connectivity index (χ2v) is 24.5. The number of benzene rings is 5. The maximum absolute atomic E-state index is 6.29. The van der Waals surface area contributed by atoms with E-state index in [9.17, 15) is 0 Å². The standard InChI is InChI=1S/C69H87Cl2N13O7/c1-51-67(52(2)91-77-51)56-16-23-64-63(47-56)74-66(84(64)32-29-80-34-38-85-39-35-80)24-11-53-9-21-60(22-10-53)90-50-59-48-83(78-76-59)36-40-87-42-44-89-46-45-88-43-41-86-37-33-79(3)26-6-25-72-69-61-7-4-5-8-62(61)73-65(75-69)49-81-27-30-82(31-28-81)68(54-12-17-57(70)18-13-54)55-14-19-58(71)20-15-55/h4-5,7-10,12-23,47-48,52,67-68H,6,11,24-46,49-50H2,1-3H3,(H,72,73,75). The number of nitrogens with one attached hydrogen (secondary N) is 1. The lowest BCUT2D eigenvalue weighted by Crippen LogP contribution is -2.47. The fourth-order valence-electron chi connectivity index (χ4n) is 12.1. The largest absolute Gasteiger partial charge is 0.487 e. The molecule has 1 N–H and O–H groups in total. The van der Waals surface area contributed by atoms with Crippen molar-refractivity contribution in [2.45, 2.75) is 77.4 Å². The number of hydrogen-bond acceptors (Lipinski definition) is 18. The number of ether oxygens (including phenoxy) is 6. The Morgan fingerprint density at radius 1 is 0.681 bits per heavy atom. The highest BCUT2D eigenvalue weighted by molar-refractivity contribution is 6.30. The predicted molar refractivity (Wildman–Crippen MR) is 357 cm³/mol. The van der Waals surface area contributed by atoms with E-state index < -0.39 is 0 Å². The summed E-state index contributed by atoms with van der Waals surface area (Å²) in [6.45, 7) is 21.3. The molecule has 22 heteroatoms. The minimum Gasteiger partial charge on any atom is -0.487 e. The smallest absolute Gasteiger partial charge is 0.145 e. The van der Waals surface area contributed by atoms with Gasteiger partial charge in [-0.1, -0.05) is 88.2 Å². The van der Waals surface area contributed by atoms with E-state index in [-0.39, 0.29) is 18.1 Å². The minimum atomic E-state index is 0.00696. The third-order valence-electron chi connectivity index (χ3n) is 17.1. The van der Waals surface area contributed by atoms with Gasteiger partial charge in [-0.2, -0.15) is 0 Å². The molecule has 2 unspecified atom stereocenters. The molecule has 484 valence electrons. The molecule has 5 aromatic carbocycles. The summed E-state index contributed by atoms with van der Waals surface area (Å²) < 4.78 is 39.0. The number of aromatic nitrogens is 7.